The Morgan fingerprint density at radius 3 is 2.71 bits per heavy atom. The van der Waals surface area contributed by atoms with E-state index < -0.39 is 14.2 Å². The highest BCUT2D eigenvalue weighted by atomic mass is 28.3. The number of ether oxygens (including phenoxy) is 2. The SMILES string of the molecule is C[Si](C)(C)CCOCn1c(CNC(=O)OCc2ccccc2)nc2ccc(CCN=[N+]=[N-])cc21. The van der Waals surface area contributed by atoms with Crippen LogP contribution in [0, 0.1) is 0 Å². The number of hydrogen-bond donors (Lipinski definition) is 1. The topological polar surface area (TPSA) is 114 Å². The summed E-state index contributed by atoms with van der Waals surface area (Å²) in [4.78, 5) is 19.8. The van der Waals surface area contributed by atoms with Crippen LogP contribution < -0.4 is 5.32 Å². The molecule has 1 N–H and O–H groups in total. The average Bonchev–Trinajstić information content (AvgIpc) is 3.16. The highest BCUT2D eigenvalue weighted by Crippen LogP contribution is 2.20. The molecule has 0 aliphatic heterocycles. The van der Waals surface area contributed by atoms with Crippen LogP contribution in [0.2, 0.25) is 25.7 Å². The monoisotopic (exact) mass is 480 g/mol. The second kappa shape index (κ2) is 12.2. The standard InChI is InChI=1S/C24H32N6O3Si/c1-34(2,3)14-13-32-18-30-22-15-19(11-12-27-29-25)9-10-21(22)28-23(30)16-26-24(31)33-17-20-7-5-4-6-8-20/h4-10,15H,11-14,16-18H2,1-3H3,(H,26,31). The molecule has 0 radical (unpaired) electrons. The maximum atomic E-state index is 12.3. The summed E-state index contributed by atoms with van der Waals surface area (Å²) in [7, 11) is -1.20. The first-order chi connectivity index (χ1) is 16.4. The van der Waals surface area contributed by atoms with E-state index in [2.05, 4.69) is 35.0 Å². The first-order valence-electron chi connectivity index (χ1n) is 11.4. The van der Waals surface area contributed by atoms with Crippen LogP contribution in [0.1, 0.15) is 17.0 Å². The van der Waals surface area contributed by atoms with Crippen LogP contribution >= 0.6 is 0 Å². The normalized spacial score (nSPS) is 11.3. The van der Waals surface area contributed by atoms with Crippen molar-refractivity contribution in [3.63, 3.8) is 0 Å². The van der Waals surface area contributed by atoms with E-state index in [-0.39, 0.29) is 13.2 Å². The molecule has 2 aromatic carbocycles. The molecule has 34 heavy (non-hydrogen) atoms. The minimum absolute atomic E-state index is 0.206. The number of azide groups is 1. The van der Waals surface area contributed by atoms with E-state index in [0.29, 0.717) is 32.1 Å². The van der Waals surface area contributed by atoms with Crippen molar-refractivity contribution in [3.8, 4) is 0 Å². The van der Waals surface area contributed by atoms with Crippen molar-refractivity contribution in [2.45, 2.75) is 52.0 Å². The number of carbonyl (C=O) groups is 1. The van der Waals surface area contributed by atoms with Gasteiger partial charge in [-0.05, 0) is 41.3 Å². The summed E-state index contributed by atoms with van der Waals surface area (Å²) in [5.41, 5.74) is 12.2. The van der Waals surface area contributed by atoms with Gasteiger partial charge in [0.05, 0.1) is 17.6 Å². The lowest BCUT2D eigenvalue weighted by Crippen LogP contribution is -2.26. The zero-order valence-corrected chi connectivity index (χ0v) is 21.0. The van der Waals surface area contributed by atoms with Crippen LogP contribution in [-0.4, -0.2) is 36.9 Å². The zero-order valence-electron chi connectivity index (χ0n) is 20.0. The summed E-state index contributed by atoms with van der Waals surface area (Å²) < 4.78 is 13.3. The number of nitrogens with zero attached hydrogens (tertiary/aromatic N) is 5. The third-order valence-corrected chi connectivity index (χ3v) is 6.98. The van der Waals surface area contributed by atoms with Gasteiger partial charge in [0.1, 0.15) is 19.2 Å². The van der Waals surface area contributed by atoms with Crippen LogP contribution in [0.25, 0.3) is 21.5 Å². The fraction of sp³-hybridized carbons (Fsp3) is 0.417. The maximum Gasteiger partial charge on any atom is 0.407 e. The first-order valence-corrected chi connectivity index (χ1v) is 15.1. The number of carbonyl (C=O) groups excluding carboxylic acids is 1. The first kappa shape index (κ1) is 25.3. The molecule has 1 amide bonds. The van der Waals surface area contributed by atoms with Gasteiger partial charge >= 0.3 is 6.09 Å². The molecular formula is C24H32N6O3Si. The van der Waals surface area contributed by atoms with Crippen LogP contribution in [-0.2, 0) is 35.8 Å². The fourth-order valence-electron chi connectivity index (χ4n) is 3.34. The summed E-state index contributed by atoms with van der Waals surface area (Å²) in [6.07, 6.45) is 0.137. The Kier molecular flexibility index (Phi) is 9.09. The number of aromatic nitrogens is 2. The molecule has 0 aliphatic rings. The minimum Gasteiger partial charge on any atom is -0.445 e. The van der Waals surface area contributed by atoms with E-state index in [4.69, 9.17) is 20.0 Å². The lowest BCUT2D eigenvalue weighted by atomic mass is 10.1. The van der Waals surface area contributed by atoms with E-state index in [9.17, 15) is 4.79 Å². The van der Waals surface area contributed by atoms with E-state index in [1.54, 1.807) is 0 Å². The maximum absolute atomic E-state index is 12.3. The van der Waals surface area contributed by atoms with Crippen LogP contribution in [0.5, 0.6) is 0 Å². The number of amides is 1. The molecule has 0 fully saturated rings. The smallest absolute Gasteiger partial charge is 0.407 e. The molecular weight excluding hydrogens is 448 g/mol. The summed E-state index contributed by atoms with van der Waals surface area (Å²) in [5.74, 6) is 0.687. The molecule has 0 aliphatic carbocycles. The number of alkyl carbamates (subject to hydrolysis) is 1. The molecule has 0 spiro atoms. The molecule has 0 saturated carbocycles. The molecule has 0 bridgehead atoms. The van der Waals surface area contributed by atoms with Gasteiger partial charge in [0.15, 0.2) is 0 Å². The molecule has 1 heterocycles. The highest BCUT2D eigenvalue weighted by Gasteiger charge is 2.15. The number of hydrogen-bond acceptors (Lipinski definition) is 5. The average molecular weight is 481 g/mol. The van der Waals surface area contributed by atoms with Crippen molar-refractivity contribution >= 4 is 25.2 Å². The van der Waals surface area contributed by atoms with E-state index in [1.165, 1.54) is 0 Å². The summed E-state index contributed by atoms with van der Waals surface area (Å²) in [6, 6.07) is 16.6. The van der Waals surface area contributed by atoms with Crippen molar-refractivity contribution < 1.29 is 14.3 Å². The van der Waals surface area contributed by atoms with E-state index in [0.717, 1.165) is 28.2 Å². The third kappa shape index (κ3) is 7.91. The Balaban J connectivity index is 1.70. The predicted molar refractivity (Wildman–Crippen MR) is 135 cm³/mol. The second-order valence-corrected chi connectivity index (χ2v) is 14.9. The molecule has 3 aromatic rings. The summed E-state index contributed by atoms with van der Waals surface area (Å²) >= 11 is 0. The number of fused-ring (bicyclic) bond motifs is 1. The molecule has 3 rings (SSSR count). The van der Waals surface area contributed by atoms with Gasteiger partial charge in [-0.1, -0.05) is 61.2 Å². The Morgan fingerprint density at radius 2 is 1.97 bits per heavy atom. The van der Waals surface area contributed by atoms with Crippen molar-refractivity contribution in [3.05, 3.63) is 75.9 Å². The number of imidazole rings is 1. The third-order valence-electron chi connectivity index (χ3n) is 5.28. The molecule has 0 saturated heterocycles. The lowest BCUT2D eigenvalue weighted by Gasteiger charge is -2.16. The second-order valence-electron chi connectivity index (χ2n) is 9.25. The minimum atomic E-state index is -1.20. The van der Waals surface area contributed by atoms with Gasteiger partial charge in [-0.3, -0.25) is 0 Å². The van der Waals surface area contributed by atoms with E-state index in [1.807, 2.05) is 53.1 Å². The number of nitrogens with one attached hydrogen (secondary N) is 1. The van der Waals surface area contributed by atoms with Gasteiger partial charge in [0.2, 0.25) is 0 Å². The van der Waals surface area contributed by atoms with Crippen LogP contribution in [0.15, 0.2) is 53.6 Å². The molecule has 10 heteroatoms. The van der Waals surface area contributed by atoms with Crippen molar-refractivity contribution in [2.75, 3.05) is 13.2 Å². The highest BCUT2D eigenvalue weighted by molar-refractivity contribution is 6.76. The molecule has 0 unspecified atom stereocenters. The van der Waals surface area contributed by atoms with Gasteiger partial charge in [-0.15, -0.1) is 0 Å². The molecule has 9 nitrogen and oxygen atoms in total. The zero-order chi connectivity index (χ0) is 24.4. The van der Waals surface area contributed by atoms with Crippen molar-refractivity contribution in [1.29, 1.82) is 0 Å². The molecule has 180 valence electrons. The fourth-order valence-corrected chi connectivity index (χ4v) is 4.09. The van der Waals surface area contributed by atoms with Gasteiger partial charge in [-0.25, -0.2) is 9.78 Å². The van der Waals surface area contributed by atoms with Crippen LogP contribution in [0.3, 0.4) is 0 Å². The Morgan fingerprint density at radius 1 is 1.18 bits per heavy atom. The Hall–Kier alpha value is -3.33. The summed E-state index contributed by atoms with van der Waals surface area (Å²) in [6.45, 7) is 8.78. The van der Waals surface area contributed by atoms with Crippen molar-refractivity contribution in [1.82, 2.24) is 14.9 Å². The largest absolute Gasteiger partial charge is 0.445 e. The summed E-state index contributed by atoms with van der Waals surface area (Å²) in [5, 5.41) is 6.42. The van der Waals surface area contributed by atoms with Crippen LogP contribution in [0.4, 0.5) is 4.79 Å². The van der Waals surface area contributed by atoms with Gasteiger partial charge in [0, 0.05) is 26.1 Å². The van der Waals surface area contributed by atoms with Gasteiger partial charge in [-0.2, -0.15) is 0 Å². The van der Waals surface area contributed by atoms with E-state index >= 15 is 0 Å². The Bertz CT molecular complexity index is 1140. The number of benzene rings is 2. The molecule has 1 aromatic heterocycles. The quantitative estimate of drug-likeness (QED) is 0.119. The van der Waals surface area contributed by atoms with Crippen molar-refractivity contribution in [2.24, 2.45) is 5.11 Å². The van der Waals surface area contributed by atoms with Gasteiger partial charge in [0.25, 0.3) is 0 Å². The predicted octanol–water partition coefficient (Wildman–Crippen LogP) is 5.63. The lowest BCUT2D eigenvalue weighted by molar-refractivity contribution is 0.0873. The Labute approximate surface area is 200 Å². The molecule has 0 atom stereocenters. The number of rotatable bonds is 12. The van der Waals surface area contributed by atoms with Gasteiger partial charge < -0.3 is 19.4 Å².